The summed E-state index contributed by atoms with van der Waals surface area (Å²) in [5, 5.41) is 1.10. The summed E-state index contributed by atoms with van der Waals surface area (Å²) in [7, 11) is 0. The van der Waals surface area contributed by atoms with E-state index < -0.39 is 0 Å². The van der Waals surface area contributed by atoms with Gasteiger partial charge in [0.15, 0.2) is 0 Å². The zero-order valence-electron chi connectivity index (χ0n) is 8.16. The van der Waals surface area contributed by atoms with Gasteiger partial charge in [0.05, 0.1) is 0 Å². The fourth-order valence-corrected chi connectivity index (χ4v) is 1.35. The first-order valence-electron chi connectivity index (χ1n) is 4.53. The van der Waals surface area contributed by atoms with E-state index in [0.717, 1.165) is 16.9 Å². The first-order valence-corrected chi connectivity index (χ1v) is 4.53. The second kappa shape index (κ2) is 2.87. The number of fused-ring (bicyclic) bond motifs is 1. The summed E-state index contributed by atoms with van der Waals surface area (Å²) in [6, 6.07) is 4.16. The number of furan rings is 1. The number of hydrogen-bond acceptors (Lipinski definition) is 2. The predicted octanol–water partition coefficient (Wildman–Crippen LogP) is 3.26. The molecule has 0 amide bonds. The van der Waals surface area contributed by atoms with Crippen LogP contribution in [0.15, 0.2) is 22.7 Å². The van der Waals surface area contributed by atoms with E-state index in [1.54, 1.807) is 0 Å². The minimum absolute atomic E-state index is 0.425. The molecule has 0 radical (unpaired) electrons. The van der Waals surface area contributed by atoms with Crippen molar-refractivity contribution in [3.63, 3.8) is 0 Å². The number of rotatable bonds is 1. The Morgan fingerprint density at radius 2 is 2.08 bits per heavy atom. The average molecular weight is 175 g/mol. The topological polar surface area (TPSA) is 26.0 Å². The molecule has 2 aromatic heterocycles. The van der Waals surface area contributed by atoms with Gasteiger partial charge < -0.3 is 4.42 Å². The van der Waals surface area contributed by atoms with E-state index in [4.69, 9.17) is 4.42 Å². The molecule has 0 spiro atoms. The first-order chi connectivity index (χ1) is 6.16. The lowest BCUT2D eigenvalue weighted by atomic mass is 10.1. The van der Waals surface area contributed by atoms with Gasteiger partial charge >= 0.3 is 0 Å². The van der Waals surface area contributed by atoms with E-state index in [0.29, 0.717) is 5.92 Å². The van der Waals surface area contributed by atoms with E-state index in [2.05, 4.69) is 31.0 Å². The minimum Gasteiger partial charge on any atom is -0.443 e. The molecule has 68 valence electrons. The standard InChI is InChI=1S/C11H13NO/c1-7(2)10-5-9-4-8(3)6-12-11(9)13-10/h4-7H,1-3H3. The van der Waals surface area contributed by atoms with Gasteiger partial charge in [-0.25, -0.2) is 4.98 Å². The molecular weight excluding hydrogens is 162 g/mol. The quantitative estimate of drug-likeness (QED) is 0.664. The fraction of sp³-hybridized carbons (Fsp3) is 0.364. The van der Waals surface area contributed by atoms with Crippen molar-refractivity contribution in [1.82, 2.24) is 4.98 Å². The molecule has 0 atom stereocenters. The molecule has 0 bridgehead atoms. The number of pyridine rings is 1. The Balaban J connectivity index is 2.62. The Bertz CT molecular complexity index is 429. The Morgan fingerprint density at radius 3 is 2.77 bits per heavy atom. The Labute approximate surface area is 77.6 Å². The maximum atomic E-state index is 5.57. The molecule has 0 saturated carbocycles. The summed E-state index contributed by atoms with van der Waals surface area (Å²) in [6.45, 7) is 6.27. The van der Waals surface area contributed by atoms with E-state index in [1.165, 1.54) is 5.56 Å². The van der Waals surface area contributed by atoms with Gasteiger partial charge in [0.1, 0.15) is 5.76 Å². The van der Waals surface area contributed by atoms with Crippen molar-refractivity contribution in [3.8, 4) is 0 Å². The zero-order valence-corrected chi connectivity index (χ0v) is 8.16. The van der Waals surface area contributed by atoms with Crippen LogP contribution in [0.3, 0.4) is 0 Å². The second-order valence-electron chi connectivity index (χ2n) is 3.71. The second-order valence-corrected chi connectivity index (χ2v) is 3.71. The van der Waals surface area contributed by atoms with Crippen LogP contribution in [0.1, 0.15) is 31.1 Å². The molecule has 0 aliphatic heterocycles. The molecule has 13 heavy (non-hydrogen) atoms. The molecule has 2 aromatic rings. The van der Waals surface area contributed by atoms with Crippen LogP contribution in [-0.4, -0.2) is 4.98 Å². The number of nitrogens with zero attached hydrogens (tertiary/aromatic N) is 1. The van der Waals surface area contributed by atoms with E-state index >= 15 is 0 Å². The van der Waals surface area contributed by atoms with Gasteiger partial charge in [0, 0.05) is 17.5 Å². The maximum absolute atomic E-state index is 5.57. The lowest BCUT2D eigenvalue weighted by molar-refractivity contribution is 0.514. The zero-order chi connectivity index (χ0) is 9.42. The minimum atomic E-state index is 0.425. The van der Waals surface area contributed by atoms with Crippen LogP contribution >= 0.6 is 0 Å². The lowest BCUT2D eigenvalue weighted by Crippen LogP contribution is -1.79. The smallest absolute Gasteiger partial charge is 0.226 e. The Hall–Kier alpha value is -1.31. The molecule has 0 N–H and O–H groups in total. The molecule has 0 aliphatic rings. The van der Waals surface area contributed by atoms with Gasteiger partial charge in [-0.05, 0) is 24.6 Å². The van der Waals surface area contributed by atoms with Crippen molar-refractivity contribution >= 4 is 11.1 Å². The molecule has 0 aliphatic carbocycles. The summed E-state index contributed by atoms with van der Waals surface area (Å²) < 4.78 is 5.57. The van der Waals surface area contributed by atoms with Crippen molar-refractivity contribution in [1.29, 1.82) is 0 Å². The highest BCUT2D eigenvalue weighted by molar-refractivity contribution is 5.74. The van der Waals surface area contributed by atoms with E-state index in [-0.39, 0.29) is 0 Å². The molecule has 0 saturated heterocycles. The van der Waals surface area contributed by atoms with Gasteiger partial charge in [-0.1, -0.05) is 13.8 Å². The van der Waals surface area contributed by atoms with Crippen molar-refractivity contribution in [2.75, 3.05) is 0 Å². The largest absolute Gasteiger partial charge is 0.443 e. The molecule has 2 heteroatoms. The molecule has 0 fully saturated rings. The highest BCUT2D eigenvalue weighted by Crippen LogP contribution is 2.23. The highest BCUT2D eigenvalue weighted by Gasteiger charge is 2.07. The SMILES string of the molecule is Cc1cnc2oc(C(C)C)cc2c1. The monoisotopic (exact) mass is 175 g/mol. The van der Waals surface area contributed by atoms with Crippen LogP contribution in [0.2, 0.25) is 0 Å². The fourth-order valence-electron chi connectivity index (χ4n) is 1.35. The van der Waals surface area contributed by atoms with Crippen molar-refractivity contribution in [2.24, 2.45) is 0 Å². The summed E-state index contributed by atoms with van der Waals surface area (Å²) in [5.41, 5.74) is 1.91. The predicted molar refractivity (Wildman–Crippen MR) is 52.8 cm³/mol. The van der Waals surface area contributed by atoms with E-state index in [9.17, 15) is 0 Å². The van der Waals surface area contributed by atoms with Crippen molar-refractivity contribution < 1.29 is 4.42 Å². The maximum Gasteiger partial charge on any atom is 0.226 e. The van der Waals surface area contributed by atoms with Crippen molar-refractivity contribution in [3.05, 3.63) is 29.7 Å². The summed E-state index contributed by atoms with van der Waals surface area (Å²) in [4.78, 5) is 4.22. The van der Waals surface area contributed by atoms with E-state index in [1.807, 2.05) is 13.1 Å². The third kappa shape index (κ3) is 1.44. The van der Waals surface area contributed by atoms with Gasteiger partial charge in [0.2, 0.25) is 5.71 Å². The van der Waals surface area contributed by atoms with Crippen LogP contribution in [0, 0.1) is 6.92 Å². The van der Waals surface area contributed by atoms with Crippen LogP contribution in [-0.2, 0) is 0 Å². The molecule has 0 unspecified atom stereocenters. The molecule has 0 aromatic carbocycles. The Morgan fingerprint density at radius 1 is 1.31 bits per heavy atom. The number of hydrogen-bond donors (Lipinski definition) is 0. The van der Waals surface area contributed by atoms with Gasteiger partial charge in [0.25, 0.3) is 0 Å². The average Bonchev–Trinajstić information content (AvgIpc) is 2.46. The van der Waals surface area contributed by atoms with Crippen molar-refractivity contribution in [2.45, 2.75) is 26.7 Å². The third-order valence-corrected chi connectivity index (χ3v) is 2.10. The molecule has 2 nitrogen and oxygen atoms in total. The molecule has 2 rings (SSSR count). The summed E-state index contributed by atoms with van der Waals surface area (Å²) >= 11 is 0. The normalized spacial score (nSPS) is 11.4. The van der Waals surface area contributed by atoms with Crippen LogP contribution < -0.4 is 0 Å². The molecular formula is C11H13NO. The van der Waals surface area contributed by atoms with Gasteiger partial charge in [-0.2, -0.15) is 0 Å². The lowest BCUT2D eigenvalue weighted by Gasteiger charge is -1.95. The first kappa shape index (κ1) is 8.30. The van der Waals surface area contributed by atoms with Crippen LogP contribution in [0.4, 0.5) is 0 Å². The number of aryl methyl sites for hydroxylation is 1. The summed E-state index contributed by atoms with van der Waals surface area (Å²) in [6.07, 6.45) is 1.83. The number of aromatic nitrogens is 1. The highest BCUT2D eigenvalue weighted by atomic mass is 16.3. The van der Waals surface area contributed by atoms with Crippen LogP contribution in [0.5, 0.6) is 0 Å². The third-order valence-electron chi connectivity index (χ3n) is 2.10. The molecule has 2 heterocycles. The van der Waals surface area contributed by atoms with Crippen LogP contribution in [0.25, 0.3) is 11.1 Å². The van der Waals surface area contributed by atoms with Gasteiger partial charge in [-0.15, -0.1) is 0 Å². The van der Waals surface area contributed by atoms with Gasteiger partial charge in [-0.3, -0.25) is 0 Å². The Kier molecular flexibility index (Phi) is 1.83. The summed E-state index contributed by atoms with van der Waals surface area (Å²) in [5.74, 6) is 1.43.